The van der Waals surface area contributed by atoms with Crippen molar-refractivity contribution in [2.24, 2.45) is 5.41 Å². The van der Waals surface area contributed by atoms with Crippen LogP contribution < -0.4 is 0 Å². The third-order valence-electron chi connectivity index (χ3n) is 4.73. The van der Waals surface area contributed by atoms with Gasteiger partial charge in [-0.3, -0.25) is 4.79 Å². The first-order valence-corrected chi connectivity index (χ1v) is 9.14. The highest BCUT2D eigenvalue weighted by atomic mass is 32.2. The number of carbonyl (C=O) groups excluding carboxylic acids is 1. The summed E-state index contributed by atoms with van der Waals surface area (Å²) in [6.45, 7) is 2.11. The van der Waals surface area contributed by atoms with E-state index in [0.29, 0.717) is 19.3 Å². The molecule has 1 aromatic carbocycles. The first kappa shape index (κ1) is 16.2. The van der Waals surface area contributed by atoms with E-state index in [4.69, 9.17) is 4.74 Å². The summed E-state index contributed by atoms with van der Waals surface area (Å²) in [6.07, 6.45) is 5.64. The van der Waals surface area contributed by atoms with Gasteiger partial charge in [-0.25, -0.2) is 12.7 Å². The second-order valence-corrected chi connectivity index (χ2v) is 8.21. The molecule has 0 bridgehead atoms. The zero-order valence-electron chi connectivity index (χ0n) is 13.4. The Bertz CT molecular complexity index is 728. The highest BCUT2D eigenvalue weighted by molar-refractivity contribution is 7.89. The van der Waals surface area contributed by atoms with E-state index in [1.54, 1.807) is 24.3 Å². The van der Waals surface area contributed by atoms with Gasteiger partial charge in [-0.05, 0) is 38.3 Å². The van der Waals surface area contributed by atoms with Crippen LogP contribution in [0.3, 0.4) is 0 Å². The van der Waals surface area contributed by atoms with E-state index in [1.165, 1.54) is 7.11 Å². The second kappa shape index (κ2) is 5.76. The Kier molecular flexibility index (Phi) is 4.06. The molecule has 1 fully saturated rings. The van der Waals surface area contributed by atoms with Crippen LogP contribution in [-0.4, -0.2) is 38.4 Å². The Hall–Kier alpha value is -1.66. The van der Waals surface area contributed by atoms with Gasteiger partial charge in [0.1, 0.15) is 0 Å². The van der Waals surface area contributed by atoms with Crippen molar-refractivity contribution < 1.29 is 17.9 Å². The Morgan fingerprint density at radius 1 is 1.22 bits per heavy atom. The van der Waals surface area contributed by atoms with Gasteiger partial charge in [-0.2, -0.15) is 0 Å². The first-order valence-electron chi connectivity index (χ1n) is 7.70. The quantitative estimate of drug-likeness (QED) is 0.792. The molecule has 124 valence electrons. The van der Waals surface area contributed by atoms with Crippen LogP contribution in [0.2, 0.25) is 0 Å². The molecular weight excluding hydrogens is 314 g/mol. The maximum Gasteiger partial charge on any atom is 0.266 e. The molecule has 1 aromatic rings. The number of amides is 1. The van der Waals surface area contributed by atoms with Crippen molar-refractivity contribution in [2.45, 2.75) is 37.1 Å². The van der Waals surface area contributed by atoms with Crippen LogP contribution in [0, 0.1) is 12.3 Å². The molecule has 1 amide bonds. The van der Waals surface area contributed by atoms with Gasteiger partial charge in [-0.1, -0.05) is 29.8 Å². The molecule has 0 aromatic heterocycles. The normalized spacial score (nSPS) is 23.1. The van der Waals surface area contributed by atoms with E-state index >= 15 is 0 Å². The number of benzene rings is 1. The zero-order valence-corrected chi connectivity index (χ0v) is 14.2. The van der Waals surface area contributed by atoms with Crippen molar-refractivity contribution in [3.8, 4) is 0 Å². The van der Waals surface area contributed by atoms with Crippen LogP contribution >= 0.6 is 0 Å². The molecule has 1 unspecified atom stereocenters. The summed E-state index contributed by atoms with van der Waals surface area (Å²) in [6, 6.07) is 6.15. The van der Waals surface area contributed by atoms with Gasteiger partial charge in [0.05, 0.1) is 23.0 Å². The van der Waals surface area contributed by atoms with Crippen LogP contribution in [0.25, 0.3) is 0 Å². The average molecular weight is 335 g/mol. The van der Waals surface area contributed by atoms with Crippen LogP contribution in [-0.2, 0) is 19.6 Å². The molecule has 3 rings (SSSR count). The van der Waals surface area contributed by atoms with Gasteiger partial charge < -0.3 is 4.74 Å². The third-order valence-corrected chi connectivity index (χ3v) is 6.58. The lowest BCUT2D eigenvalue weighted by Gasteiger charge is -2.24. The lowest BCUT2D eigenvalue weighted by Crippen LogP contribution is -2.42. The molecular formula is C17H21NO4S. The maximum atomic E-state index is 13.0. The summed E-state index contributed by atoms with van der Waals surface area (Å²) in [5.41, 5.74) is 0.364. The van der Waals surface area contributed by atoms with E-state index in [9.17, 15) is 13.2 Å². The minimum atomic E-state index is -3.86. The molecule has 0 saturated carbocycles. The fraction of sp³-hybridized carbons (Fsp3) is 0.471. The van der Waals surface area contributed by atoms with E-state index in [0.717, 1.165) is 9.87 Å². The van der Waals surface area contributed by atoms with Gasteiger partial charge in [0, 0.05) is 7.11 Å². The summed E-state index contributed by atoms with van der Waals surface area (Å²) in [5, 5.41) is 0. The van der Waals surface area contributed by atoms with Crippen molar-refractivity contribution in [3.05, 3.63) is 42.0 Å². The number of hydrogen-bond donors (Lipinski definition) is 0. The van der Waals surface area contributed by atoms with E-state index in [1.807, 2.05) is 19.1 Å². The molecule has 1 spiro atoms. The van der Waals surface area contributed by atoms with Gasteiger partial charge in [0.25, 0.3) is 10.0 Å². The number of rotatable bonds is 4. The van der Waals surface area contributed by atoms with Gasteiger partial charge in [0.15, 0.2) is 0 Å². The van der Waals surface area contributed by atoms with Crippen LogP contribution in [0.15, 0.2) is 41.3 Å². The monoisotopic (exact) mass is 335 g/mol. The number of ether oxygens (including phenoxy) is 1. The minimum Gasteiger partial charge on any atom is -0.383 e. The third kappa shape index (κ3) is 2.60. The Balaban J connectivity index is 2.01. The molecule has 1 atom stereocenters. The molecule has 0 radical (unpaired) electrons. The highest BCUT2D eigenvalue weighted by Gasteiger charge is 2.55. The van der Waals surface area contributed by atoms with Crippen molar-refractivity contribution in [3.63, 3.8) is 0 Å². The standard InChI is InChI=1S/C17H21NO4S/c1-13-5-7-15(8-6-13)23(20,21)18-14(12-22-2)11-17(16(18)19)9-3-4-10-17/h3-8,14H,9-12H2,1-2H3. The molecule has 23 heavy (non-hydrogen) atoms. The molecule has 5 nitrogen and oxygen atoms in total. The minimum absolute atomic E-state index is 0.153. The number of nitrogens with zero attached hydrogens (tertiary/aromatic N) is 1. The van der Waals surface area contributed by atoms with Crippen molar-refractivity contribution in [1.29, 1.82) is 0 Å². The molecule has 1 heterocycles. The Labute approximate surface area is 137 Å². The average Bonchev–Trinajstić information content (AvgIpc) is 3.07. The first-order chi connectivity index (χ1) is 10.9. The molecule has 1 saturated heterocycles. The SMILES string of the molecule is COCC1CC2(CC=CC2)C(=O)N1S(=O)(=O)c1ccc(C)cc1. The summed E-state index contributed by atoms with van der Waals surface area (Å²) >= 11 is 0. The summed E-state index contributed by atoms with van der Waals surface area (Å²) in [4.78, 5) is 13.1. The van der Waals surface area contributed by atoms with Gasteiger partial charge in [0.2, 0.25) is 5.91 Å². The number of allylic oxidation sites excluding steroid dienone is 2. The maximum absolute atomic E-state index is 13.0. The molecule has 6 heteroatoms. The predicted octanol–water partition coefficient (Wildman–Crippen LogP) is 2.27. The van der Waals surface area contributed by atoms with Gasteiger partial charge in [-0.15, -0.1) is 0 Å². The van der Waals surface area contributed by atoms with Crippen LogP contribution in [0.1, 0.15) is 24.8 Å². The number of sulfonamides is 1. The fourth-order valence-electron chi connectivity index (χ4n) is 3.51. The largest absolute Gasteiger partial charge is 0.383 e. The fourth-order valence-corrected chi connectivity index (χ4v) is 5.16. The summed E-state index contributed by atoms with van der Waals surface area (Å²) in [5.74, 6) is -0.301. The Morgan fingerprint density at radius 2 is 1.83 bits per heavy atom. The topological polar surface area (TPSA) is 63.7 Å². The number of carbonyl (C=O) groups is 1. The van der Waals surface area contributed by atoms with Crippen LogP contribution in [0.5, 0.6) is 0 Å². The summed E-state index contributed by atoms with van der Waals surface area (Å²) in [7, 11) is -2.34. The van der Waals surface area contributed by atoms with Crippen molar-refractivity contribution in [2.75, 3.05) is 13.7 Å². The van der Waals surface area contributed by atoms with E-state index < -0.39 is 21.5 Å². The molecule has 2 aliphatic rings. The highest BCUT2D eigenvalue weighted by Crippen LogP contribution is 2.47. The number of methoxy groups -OCH3 is 1. The van der Waals surface area contributed by atoms with Gasteiger partial charge >= 0.3 is 0 Å². The zero-order chi connectivity index (χ0) is 16.7. The van der Waals surface area contributed by atoms with Crippen molar-refractivity contribution >= 4 is 15.9 Å². The Morgan fingerprint density at radius 3 is 2.39 bits per heavy atom. The number of hydrogen-bond acceptors (Lipinski definition) is 4. The molecule has 1 aliphatic heterocycles. The second-order valence-electron chi connectivity index (χ2n) is 6.39. The summed E-state index contributed by atoms with van der Waals surface area (Å²) < 4.78 is 32.3. The molecule has 1 aliphatic carbocycles. The van der Waals surface area contributed by atoms with E-state index in [-0.39, 0.29) is 17.4 Å². The molecule has 0 N–H and O–H groups in total. The van der Waals surface area contributed by atoms with Crippen LogP contribution in [0.4, 0.5) is 0 Å². The number of aryl methyl sites for hydroxylation is 1. The lowest BCUT2D eigenvalue weighted by molar-refractivity contribution is -0.132. The lowest BCUT2D eigenvalue weighted by atomic mass is 9.82. The van der Waals surface area contributed by atoms with E-state index in [2.05, 4.69) is 0 Å². The smallest absolute Gasteiger partial charge is 0.266 e. The van der Waals surface area contributed by atoms with Crippen molar-refractivity contribution in [1.82, 2.24) is 4.31 Å². The predicted molar refractivity (Wildman–Crippen MR) is 86.3 cm³/mol.